The van der Waals surface area contributed by atoms with E-state index in [1.807, 2.05) is 0 Å². The predicted octanol–water partition coefficient (Wildman–Crippen LogP) is 0.513. The number of hydrogen-bond donors (Lipinski definition) is 1. The molecule has 1 amide bonds. The van der Waals surface area contributed by atoms with Crippen molar-refractivity contribution >= 4 is 5.91 Å². The standard InChI is InChI=1S/C16H21N5O3/c22-14(18-7-8-21-9-11-23-12-10-21)1-2-15-19-20-16(24-15)13-3-5-17-6-4-13/h3-6H,1-2,7-12H2,(H,18,22). The molecular weight excluding hydrogens is 310 g/mol. The van der Waals surface area contributed by atoms with E-state index in [-0.39, 0.29) is 5.91 Å². The van der Waals surface area contributed by atoms with Crippen LogP contribution in [-0.4, -0.2) is 65.4 Å². The summed E-state index contributed by atoms with van der Waals surface area (Å²) in [7, 11) is 0. The lowest BCUT2D eigenvalue weighted by Crippen LogP contribution is -2.41. The number of amides is 1. The van der Waals surface area contributed by atoms with Crippen LogP contribution in [0.15, 0.2) is 28.9 Å². The van der Waals surface area contributed by atoms with Crippen molar-refractivity contribution in [1.29, 1.82) is 0 Å². The van der Waals surface area contributed by atoms with E-state index < -0.39 is 0 Å². The lowest BCUT2D eigenvalue weighted by molar-refractivity contribution is -0.121. The van der Waals surface area contributed by atoms with Gasteiger partial charge in [-0.15, -0.1) is 10.2 Å². The fourth-order valence-electron chi connectivity index (χ4n) is 2.45. The van der Waals surface area contributed by atoms with E-state index in [0.29, 0.717) is 31.2 Å². The summed E-state index contributed by atoms with van der Waals surface area (Å²) in [6, 6.07) is 3.60. The van der Waals surface area contributed by atoms with Crippen molar-refractivity contribution in [2.75, 3.05) is 39.4 Å². The first-order valence-electron chi connectivity index (χ1n) is 8.11. The van der Waals surface area contributed by atoms with E-state index in [1.54, 1.807) is 24.5 Å². The Morgan fingerprint density at radius 3 is 2.79 bits per heavy atom. The van der Waals surface area contributed by atoms with Gasteiger partial charge in [-0.1, -0.05) is 0 Å². The van der Waals surface area contributed by atoms with Crippen LogP contribution in [0.4, 0.5) is 0 Å². The van der Waals surface area contributed by atoms with E-state index in [4.69, 9.17) is 9.15 Å². The maximum Gasteiger partial charge on any atom is 0.247 e. The molecule has 1 aliphatic heterocycles. The van der Waals surface area contributed by atoms with Gasteiger partial charge in [0.15, 0.2) is 0 Å². The highest BCUT2D eigenvalue weighted by molar-refractivity contribution is 5.76. The zero-order valence-electron chi connectivity index (χ0n) is 13.5. The largest absolute Gasteiger partial charge is 0.421 e. The quantitative estimate of drug-likeness (QED) is 0.790. The molecule has 1 N–H and O–H groups in total. The summed E-state index contributed by atoms with van der Waals surface area (Å²) in [6.07, 6.45) is 4.10. The Morgan fingerprint density at radius 1 is 1.21 bits per heavy atom. The minimum absolute atomic E-state index is 0.00748. The monoisotopic (exact) mass is 331 g/mol. The molecule has 1 fully saturated rings. The van der Waals surface area contributed by atoms with Crippen molar-refractivity contribution < 1.29 is 13.9 Å². The summed E-state index contributed by atoms with van der Waals surface area (Å²) >= 11 is 0. The minimum Gasteiger partial charge on any atom is -0.421 e. The number of pyridine rings is 1. The Labute approximate surface area is 140 Å². The number of nitrogens with one attached hydrogen (secondary N) is 1. The number of nitrogens with zero attached hydrogens (tertiary/aromatic N) is 4. The third-order valence-corrected chi connectivity index (χ3v) is 3.81. The second-order valence-electron chi connectivity index (χ2n) is 5.54. The van der Waals surface area contributed by atoms with E-state index in [9.17, 15) is 4.79 Å². The van der Waals surface area contributed by atoms with Gasteiger partial charge < -0.3 is 14.5 Å². The van der Waals surface area contributed by atoms with Crippen molar-refractivity contribution in [1.82, 2.24) is 25.4 Å². The molecule has 0 bridgehead atoms. The highest BCUT2D eigenvalue weighted by atomic mass is 16.5. The average molecular weight is 331 g/mol. The van der Waals surface area contributed by atoms with E-state index in [2.05, 4.69) is 25.4 Å². The first kappa shape index (κ1) is 16.5. The van der Waals surface area contributed by atoms with Gasteiger partial charge in [-0.3, -0.25) is 14.7 Å². The van der Waals surface area contributed by atoms with Gasteiger partial charge in [-0.05, 0) is 12.1 Å². The summed E-state index contributed by atoms with van der Waals surface area (Å²) in [5, 5.41) is 10.9. The highest BCUT2D eigenvalue weighted by Gasteiger charge is 2.12. The van der Waals surface area contributed by atoms with Gasteiger partial charge in [0, 0.05) is 57.0 Å². The van der Waals surface area contributed by atoms with Crippen LogP contribution in [0.3, 0.4) is 0 Å². The number of rotatable bonds is 7. The predicted molar refractivity (Wildman–Crippen MR) is 86.1 cm³/mol. The van der Waals surface area contributed by atoms with Gasteiger partial charge in [0.25, 0.3) is 0 Å². The molecule has 0 saturated carbocycles. The van der Waals surface area contributed by atoms with E-state index in [0.717, 1.165) is 38.4 Å². The molecule has 0 atom stereocenters. The van der Waals surface area contributed by atoms with Crippen LogP contribution in [0.2, 0.25) is 0 Å². The third kappa shape index (κ3) is 4.84. The molecule has 24 heavy (non-hydrogen) atoms. The first-order valence-corrected chi connectivity index (χ1v) is 8.11. The summed E-state index contributed by atoms with van der Waals surface area (Å²) in [4.78, 5) is 18.1. The molecule has 2 aromatic rings. The van der Waals surface area contributed by atoms with Gasteiger partial charge in [0.1, 0.15) is 0 Å². The van der Waals surface area contributed by atoms with Crippen molar-refractivity contribution in [3.63, 3.8) is 0 Å². The molecule has 128 valence electrons. The molecule has 0 aromatic carbocycles. The SMILES string of the molecule is O=C(CCc1nnc(-c2ccncc2)o1)NCCN1CCOCC1. The topological polar surface area (TPSA) is 93.4 Å². The average Bonchev–Trinajstić information content (AvgIpc) is 3.11. The Balaban J connectivity index is 1.38. The minimum atomic E-state index is -0.00748. The van der Waals surface area contributed by atoms with Gasteiger partial charge in [0.2, 0.25) is 17.7 Å². The molecular formula is C16H21N5O3. The van der Waals surface area contributed by atoms with E-state index >= 15 is 0 Å². The van der Waals surface area contributed by atoms with E-state index in [1.165, 1.54) is 0 Å². The van der Waals surface area contributed by atoms with Crippen LogP contribution < -0.4 is 5.32 Å². The molecule has 8 nitrogen and oxygen atoms in total. The molecule has 8 heteroatoms. The van der Waals surface area contributed by atoms with Crippen molar-refractivity contribution in [3.8, 4) is 11.5 Å². The zero-order chi connectivity index (χ0) is 16.6. The molecule has 0 spiro atoms. The Kier molecular flexibility index (Phi) is 5.86. The molecule has 2 aromatic heterocycles. The Hall–Kier alpha value is -2.32. The molecule has 1 saturated heterocycles. The maximum absolute atomic E-state index is 11.9. The lowest BCUT2D eigenvalue weighted by atomic mass is 10.3. The van der Waals surface area contributed by atoms with Crippen LogP contribution in [-0.2, 0) is 16.0 Å². The number of aromatic nitrogens is 3. The second-order valence-corrected chi connectivity index (χ2v) is 5.54. The highest BCUT2D eigenvalue weighted by Crippen LogP contribution is 2.16. The van der Waals surface area contributed by atoms with Crippen molar-refractivity contribution in [2.24, 2.45) is 0 Å². The van der Waals surface area contributed by atoms with Crippen LogP contribution >= 0.6 is 0 Å². The summed E-state index contributed by atoms with van der Waals surface area (Å²) < 4.78 is 10.9. The number of carbonyl (C=O) groups excluding carboxylic acids is 1. The summed E-state index contributed by atoms with van der Waals surface area (Å²) in [5.41, 5.74) is 0.818. The van der Waals surface area contributed by atoms with Crippen LogP contribution in [0, 0.1) is 0 Å². The summed E-state index contributed by atoms with van der Waals surface area (Å²) in [5.74, 6) is 0.900. The number of morpholine rings is 1. The maximum atomic E-state index is 11.9. The smallest absolute Gasteiger partial charge is 0.247 e. The molecule has 1 aliphatic rings. The van der Waals surface area contributed by atoms with Crippen molar-refractivity contribution in [2.45, 2.75) is 12.8 Å². The van der Waals surface area contributed by atoms with Gasteiger partial charge in [-0.25, -0.2) is 0 Å². The van der Waals surface area contributed by atoms with Crippen LogP contribution in [0.1, 0.15) is 12.3 Å². The summed E-state index contributed by atoms with van der Waals surface area (Å²) in [6.45, 7) is 4.88. The lowest BCUT2D eigenvalue weighted by Gasteiger charge is -2.26. The molecule has 0 aliphatic carbocycles. The van der Waals surface area contributed by atoms with Gasteiger partial charge in [-0.2, -0.15) is 0 Å². The normalized spacial score (nSPS) is 15.3. The Morgan fingerprint density at radius 2 is 2.00 bits per heavy atom. The molecule has 0 unspecified atom stereocenters. The first-order chi connectivity index (χ1) is 11.8. The fourth-order valence-corrected chi connectivity index (χ4v) is 2.45. The van der Waals surface area contributed by atoms with Crippen LogP contribution in [0.5, 0.6) is 0 Å². The number of hydrogen-bond acceptors (Lipinski definition) is 7. The molecule has 3 rings (SSSR count). The van der Waals surface area contributed by atoms with Crippen molar-refractivity contribution in [3.05, 3.63) is 30.4 Å². The molecule has 3 heterocycles. The third-order valence-electron chi connectivity index (χ3n) is 3.81. The van der Waals surface area contributed by atoms with Gasteiger partial charge >= 0.3 is 0 Å². The van der Waals surface area contributed by atoms with Crippen LogP contribution in [0.25, 0.3) is 11.5 Å². The zero-order valence-corrected chi connectivity index (χ0v) is 13.5. The second kappa shape index (κ2) is 8.51. The van der Waals surface area contributed by atoms with Gasteiger partial charge in [0.05, 0.1) is 13.2 Å². The number of ether oxygens (including phenoxy) is 1. The molecule has 0 radical (unpaired) electrons. The number of aryl methyl sites for hydroxylation is 1. The Bertz CT molecular complexity index is 640. The number of carbonyl (C=O) groups is 1. The fraction of sp³-hybridized carbons (Fsp3) is 0.500.